The molecule has 0 aliphatic heterocycles. The van der Waals surface area contributed by atoms with Crippen molar-refractivity contribution in [2.45, 2.75) is 32.8 Å². The van der Waals surface area contributed by atoms with E-state index in [4.69, 9.17) is 23.7 Å². The first-order valence-electron chi connectivity index (χ1n) is 10.4. The Morgan fingerprint density at radius 3 is 2.26 bits per heavy atom. The third kappa shape index (κ3) is 12.7. The molecule has 1 unspecified atom stereocenters. The van der Waals surface area contributed by atoms with Gasteiger partial charge in [0.15, 0.2) is 0 Å². The van der Waals surface area contributed by atoms with Crippen molar-refractivity contribution >= 4 is 11.9 Å². The molecule has 0 spiro atoms. The van der Waals surface area contributed by atoms with Crippen LogP contribution in [0.2, 0.25) is 0 Å². The SMILES string of the molecule is C=C(C)C(=O)OCCOCCOC(COCC)CC(=C)C(=O)OCCc1ccccc1. The molecule has 31 heavy (non-hydrogen) atoms. The largest absolute Gasteiger partial charge is 0.462 e. The first kappa shape index (κ1) is 26.6. The maximum atomic E-state index is 12.2. The number of carbonyl (C=O) groups is 2. The van der Waals surface area contributed by atoms with Gasteiger partial charge >= 0.3 is 11.9 Å². The number of hydrogen-bond donors (Lipinski definition) is 0. The van der Waals surface area contributed by atoms with Crippen LogP contribution in [0.5, 0.6) is 0 Å². The van der Waals surface area contributed by atoms with E-state index in [1.807, 2.05) is 37.3 Å². The van der Waals surface area contributed by atoms with E-state index in [2.05, 4.69) is 13.2 Å². The predicted octanol–water partition coefficient (Wildman–Crippen LogP) is 3.28. The van der Waals surface area contributed by atoms with Crippen molar-refractivity contribution < 1.29 is 33.3 Å². The molecule has 1 atom stereocenters. The lowest BCUT2D eigenvalue weighted by molar-refractivity contribution is -0.141. The molecule has 0 radical (unpaired) electrons. The lowest BCUT2D eigenvalue weighted by Gasteiger charge is -2.18. The highest BCUT2D eigenvalue weighted by atomic mass is 16.6. The van der Waals surface area contributed by atoms with Gasteiger partial charge in [-0.2, -0.15) is 0 Å². The number of benzene rings is 1. The van der Waals surface area contributed by atoms with Crippen LogP contribution in [0.3, 0.4) is 0 Å². The van der Waals surface area contributed by atoms with Gasteiger partial charge in [0.25, 0.3) is 0 Å². The predicted molar refractivity (Wildman–Crippen MR) is 118 cm³/mol. The highest BCUT2D eigenvalue weighted by Gasteiger charge is 2.17. The molecule has 0 amide bonds. The van der Waals surface area contributed by atoms with Gasteiger partial charge in [0.1, 0.15) is 6.61 Å². The van der Waals surface area contributed by atoms with Crippen LogP contribution in [-0.4, -0.2) is 64.3 Å². The normalized spacial score (nSPS) is 11.5. The lowest BCUT2D eigenvalue weighted by atomic mass is 10.1. The molecular weight excluding hydrogens is 400 g/mol. The van der Waals surface area contributed by atoms with Crippen molar-refractivity contribution in [3.05, 3.63) is 60.2 Å². The van der Waals surface area contributed by atoms with E-state index in [1.54, 1.807) is 6.92 Å². The second kappa shape index (κ2) is 16.2. The fourth-order valence-electron chi connectivity index (χ4n) is 2.47. The minimum atomic E-state index is -0.439. The zero-order valence-electron chi connectivity index (χ0n) is 18.6. The Morgan fingerprint density at radius 2 is 1.58 bits per heavy atom. The molecule has 0 heterocycles. The van der Waals surface area contributed by atoms with Crippen LogP contribution in [-0.2, 0) is 39.7 Å². The molecule has 7 nitrogen and oxygen atoms in total. The smallest absolute Gasteiger partial charge is 0.333 e. The van der Waals surface area contributed by atoms with Gasteiger partial charge in [-0.1, -0.05) is 43.5 Å². The Balaban J connectivity index is 2.26. The summed E-state index contributed by atoms with van der Waals surface area (Å²) in [5.41, 5.74) is 1.79. The Hall–Kier alpha value is -2.48. The van der Waals surface area contributed by atoms with Gasteiger partial charge in [-0.3, -0.25) is 0 Å². The maximum absolute atomic E-state index is 12.2. The molecule has 0 aliphatic rings. The summed E-state index contributed by atoms with van der Waals surface area (Å²) in [5.74, 6) is -0.873. The van der Waals surface area contributed by atoms with E-state index in [0.717, 1.165) is 5.56 Å². The second-order valence-electron chi connectivity index (χ2n) is 6.86. The Bertz CT molecular complexity index is 684. The Morgan fingerprint density at radius 1 is 0.903 bits per heavy atom. The molecule has 0 aliphatic carbocycles. The van der Waals surface area contributed by atoms with E-state index >= 15 is 0 Å². The highest BCUT2D eigenvalue weighted by Crippen LogP contribution is 2.11. The fourth-order valence-corrected chi connectivity index (χ4v) is 2.47. The average molecular weight is 435 g/mol. The van der Waals surface area contributed by atoms with Crippen LogP contribution < -0.4 is 0 Å². The molecule has 0 aromatic heterocycles. The van der Waals surface area contributed by atoms with Gasteiger partial charge < -0.3 is 23.7 Å². The van der Waals surface area contributed by atoms with Crippen molar-refractivity contribution in [2.24, 2.45) is 0 Å². The van der Waals surface area contributed by atoms with Crippen LogP contribution in [0.4, 0.5) is 0 Å². The molecule has 0 bridgehead atoms. The summed E-state index contributed by atoms with van der Waals surface area (Å²) in [6.07, 6.45) is 0.622. The molecule has 1 aromatic rings. The van der Waals surface area contributed by atoms with Gasteiger partial charge in [-0.05, 0) is 19.4 Å². The molecule has 0 saturated heterocycles. The molecule has 172 valence electrons. The Labute approximate surface area is 185 Å². The number of carbonyl (C=O) groups excluding carboxylic acids is 2. The molecule has 0 N–H and O–H groups in total. The zero-order valence-corrected chi connectivity index (χ0v) is 18.6. The first-order valence-corrected chi connectivity index (χ1v) is 10.4. The number of hydrogen-bond acceptors (Lipinski definition) is 7. The number of ether oxygens (including phenoxy) is 5. The average Bonchev–Trinajstić information content (AvgIpc) is 2.76. The van der Waals surface area contributed by atoms with E-state index in [0.29, 0.717) is 57.0 Å². The third-order valence-corrected chi connectivity index (χ3v) is 4.13. The van der Waals surface area contributed by atoms with E-state index < -0.39 is 11.9 Å². The summed E-state index contributed by atoms with van der Waals surface area (Å²) in [4.78, 5) is 23.5. The summed E-state index contributed by atoms with van der Waals surface area (Å²) in [6, 6.07) is 9.82. The van der Waals surface area contributed by atoms with Crippen LogP contribution >= 0.6 is 0 Å². The van der Waals surface area contributed by atoms with Crippen molar-refractivity contribution in [2.75, 3.05) is 46.2 Å². The summed E-state index contributed by atoms with van der Waals surface area (Å²) >= 11 is 0. The quantitative estimate of drug-likeness (QED) is 0.211. The Kier molecular flexibility index (Phi) is 13.9. The first-order chi connectivity index (χ1) is 14.9. The third-order valence-electron chi connectivity index (χ3n) is 4.13. The summed E-state index contributed by atoms with van der Waals surface area (Å²) in [7, 11) is 0. The summed E-state index contributed by atoms with van der Waals surface area (Å²) < 4.78 is 26.8. The van der Waals surface area contributed by atoms with Gasteiger partial charge in [0.2, 0.25) is 0 Å². The molecule has 7 heteroatoms. The maximum Gasteiger partial charge on any atom is 0.333 e. The van der Waals surface area contributed by atoms with Crippen molar-refractivity contribution in [1.82, 2.24) is 0 Å². The molecule has 1 rings (SSSR count). The van der Waals surface area contributed by atoms with Crippen LogP contribution in [0, 0.1) is 0 Å². The van der Waals surface area contributed by atoms with Crippen LogP contribution in [0.25, 0.3) is 0 Å². The minimum Gasteiger partial charge on any atom is -0.462 e. The lowest BCUT2D eigenvalue weighted by Crippen LogP contribution is -2.25. The van der Waals surface area contributed by atoms with E-state index in [-0.39, 0.29) is 19.3 Å². The van der Waals surface area contributed by atoms with Crippen molar-refractivity contribution in [3.8, 4) is 0 Å². The highest BCUT2D eigenvalue weighted by molar-refractivity contribution is 5.87. The van der Waals surface area contributed by atoms with Crippen LogP contribution in [0.1, 0.15) is 25.8 Å². The standard InChI is InChI=1S/C24H34O7/c1-5-27-18-22(29-15-13-28-14-16-31-23(25)19(2)3)17-20(4)24(26)30-12-11-21-9-7-6-8-10-21/h6-10,22H,2,4-5,11-18H2,1,3H3. The van der Waals surface area contributed by atoms with Gasteiger partial charge in [-0.25, -0.2) is 9.59 Å². The summed E-state index contributed by atoms with van der Waals surface area (Å²) in [5, 5.41) is 0. The van der Waals surface area contributed by atoms with Crippen molar-refractivity contribution in [3.63, 3.8) is 0 Å². The molecule has 0 fully saturated rings. The second-order valence-corrected chi connectivity index (χ2v) is 6.86. The zero-order chi connectivity index (χ0) is 22.9. The van der Waals surface area contributed by atoms with Gasteiger partial charge in [0, 0.05) is 30.6 Å². The fraction of sp³-hybridized carbons (Fsp3) is 0.500. The minimum absolute atomic E-state index is 0.152. The number of esters is 2. The number of rotatable bonds is 17. The summed E-state index contributed by atoms with van der Waals surface area (Å²) in [6.45, 7) is 13.0. The monoisotopic (exact) mass is 434 g/mol. The van der Waals surface area contributed by atoms with Gasteiger partial charge in [-0.15, -0.1) is 0 Å². The molecule has 1 aromatic carbocycles. The van der Waals surface area contributed by atoms with Gasteiger partial charge in [0.05, 0.1) is 39.1 Å². The van der Waals surface area contributed by atoms with E-state index in [1.165, 1.54) is 0 Å². The van der Waals surface area contributed by atoms with Crippen LogP contribution in [0.15, 0.2) is 54.6 Å². The van der Waals surface area contributed by atoms with Crippen molar-refractivity contribution in [1.29, 1.82) is 0 Å². The molecule has 0 saturated carbocycles. The van der Waals surface area contributed by atoms with E-state index in [9.17, 15) is 9.59 Å². The molecular formula is C24H34O7. The topological polar surface area (TPSA) is 80.3 Å².